The van der Waals surface area contributed by atoms with E-state index in [9.17, 15) is 0 Å². The zero-order valence-corrected chi connectivity index (χ0v) is 12.2. The Bertz CT molecular complexity index is 369. The van der Waals surface area contributed by atoms with E-state index in [1.54, 1.807) is 0 Å². The zero-order chi connectivity index (χ0) is 13.5. The molecule has 1 N–H and O–H groups in total. The number of rotatable bonds is 5. The first-order valence-electron chi connectivity index (χ1n) is 7.56. The summed E-state index contributed by atoms with van der Waals surface area (Å²) in [5.74, 6) is 1.00. The third-order valence-electron chi connectivity index (χ3n) is 3.74. The second-order valence-corrected chi connectivity index (χ2v) is 5.14. The largest absolute Gasteiger partial charge is 0.490 e. The fraction of sp³-hybridized carbons (Fsp3) is 0.625. The lowest BCUT2D eigenvalue weighted by Gasteiger charge is -2.23. The Balaban J connectivity index is 2.05. The van der Waals surface area contributed by atoms with Gasteiger partial charge in [-0.2, -0.15) is 0 Å². The van der Waals surface area contributed by atoms with Crippen molar-refractivity contribution >= 4 is 5.69 Å². The second kappa shape index (κ2) is 7.39. The van der Waals surface area contributed by atoms with Gasteiger partial charge in [0.15, 0.2) is 0 Å². The van der Waals surface area contributed by atoms with Crippen LogP contribution < -0.4 is 15.0 Å². The predicted octanol–water partition coefficient (Wildman–Crippen LogP) is 3.05. The summed E-state index contributed by atoms with van der Waals surface area (Å²) in [7, 11) is 0. The lowest BCUT2D eigenvalue weighted by atomic mass is 10.2. The average molecular weight is 262 g/mol. The number of anilines is 1. The summed E-state index contributed by atoms with van der Waals surface area (Å²) < 4.78 is 6.03. The zero-order valence-electron chi connectivity index (χ0n) is 12.2. The van der Waals surface area contributed by atoms with Gasteiger partial charge in [0.25, 0.3) is 0 Å². The van der Waals surface area contributed by atoms with Crippen molar-refractivity contribution in [3.63, 3.8) is 0 Å². The Kier molecular flexibility index (Phi) is 5.52. The summed E-state index contributed by atoms with van der Waals surface area (Å²) in [6, 6.07) is 8.54. The van der Waals surface area contributed by atoms with Crippen molar-refractivity contribution in [2.24, 2.45) is 0 Å². The van der Waals surface area contributed by atoms with Crippen LogP contribution in [0.25, 0.3) is 0 Å². The highest BCUT2D eigenvalue weighted by Gasteiger charge is 2.11. The molecular weight excluding hydrogens is 236 g/mol. The molecule has 0 atom stereocenters. The molecule has 2 rings (SSSR count). The molecule has 1 aromatic carbocycles. The van der Waals surface area contributed by atoms with Crippen molar-refractivity contribution < 1.29 is 4.74 Å². The standard InChI is InChI=1S/C16H26N2O/c1-3-15(4-2)19-16-8-5-7-14(13-16)18-11-6-9-17-10-12-18/h5,7-8,13,15,17H,3-4,6,9-12H2,1-2H3. The highest BCUT2D eigenvalue weighted by molar-refractivity contribution is 5.51. The molecule has 0 spiro atoms. The van der Waals surface area contributed by atoms with Crippen molar-refractivity contribution in [2.45, 2.75) is 39.2 Å². The number of hydrogen-bond acceptors (Lipinski definition) is 3. The van der Waals surface area contributed by atoms with Crippen molar-refractivity contribution in [1.29, 1.82) is 0 Å². The minimum atomic E-state index is 0.334. The lowest BCUT2D eigenvalue weighted by Crippen LogP contribution is -2.27. The monoisotopic (exact) mass is 262 g/mol. The molecule has 1 fully saturated rings. The van der Waals surface area contributed by atoms with E-state index >= 15 is 0 Å². The number of hydrogen-bond donors (Lipinski definition) is 1. The maximum Gasteiger partial charge on any atom is 0.121 e. The first-order chi connectivity index (χ1) is 9.33. The Hall–Kier alpha value is -1.22. The molecule has 1 aliphatic heterocycles. The molecule has 0 amide bonds. The van der Waals surface area contributed by atoms with Crippen molar-refractivity contribution in [3.05, 3.63) is 24.3 Å². The van der Waals surface area contributed by atoms with Gasteiger partial charge < -0.3 is 15.0 Å². The molecule has 3 heteroatoms. The third-order valence-corrected chi connectivity index (χ3v) is 3.74. The molecule has 0 bridgehead atoms. The fourth-order valence-electron chi connectivity index (χ4n) is 2.51. The van der Waals surface area contributed by atoms with Gasteiger partial charge in [-0.25, -0.2) is 0 Å². The van der Waals surface area contributed by atoms with E-state index in [0.717, 1.165) is 44.8 Å². The van der Waals surface area contributed by atoms with Gasteiger partial charge >= 0.3 is 0 Å². The summed E-state index contributed by atoms with van der Waals surface area (Å²) in [4.78, 5) is 2.44. The molecule has 1 heterocycles. The molecule has 1 saturated heterocycles. The quantitative estimate of drug-likeness (QED) is 0.882. The molecule has 0 radical (unpaired) electrons. The van der Waals surface area contributed by atoms with E-state index in [-0.39, 0.29) is 0 Å². The van der Waals surface area contributed by atoms with Gasteiger partial charge in [-0.05, 0) is 37.9 Å². The fourth-order valence-corrected chi connectivity index (χ4v) is 2.51. The third kappa shape index (κ3) is 4.13. The molecule has 3 nitrogen and oxygen atoms in total. The van der Waals surface area contributed by atoms with Crippen molar-refractivity contribution in [1.82, 2.24) is 5.32 Å². The maximum atomic E-state index is 6.03. The highest BCUT2D eigenvalue weighted by Crippen LogP contribution is 2.23. The normalized spacial score (nSPS) is 16.5. The van der Waals surface area contributed by atoms with Crippen LogP contribution in [-0.4, -0.2) is 32.3 Å². The van der Waals surface area contributed by atoms with Gasteiger partial charge in [0.1, 0.15) is 5.75 Å². The highest BCUT2D eigenvalue weighted by atomic mass is 16.5. The van der Waals surface area contributed by atoms with Crippen molar-refractivity contribution in [2.75, 3.05) is 31.1 Å². The summed E-state index contributed by atoms with van der Waals surface area (Å²) in [6.45, 7) is 8.75. The van der Waals surface area contributed by atoms with Gasteiger partial charge in [0.05, 0.1) is 6.10 Å². The first-order valence-corrected chi connectivity index (χ1v) is 7.56. The van der Waals surface area contributed by atoms with Crippen LogP contribution in [0.4, 0.5) is 5.69 Å². The Morgan fingerprint density at radius 1 is 1.21 bits per heavy atom. The van der Waals surface area contributed by atoms with E-state index in [4.69, 9.17) is 4.74 Å². The number of nitrogens with zero attached hydrogens (tertiary/aromatic N) is 1. The Labute approximate surface area is 116 Å². The minimum absolute atomic E-state index is 0.334. The summed E-state index contributed by atoms with van der Waals surface area (Å²) in [5, 5.41) is 3.44. The van der Waals surface area contributed by atoms with E-state index in [1.165, 1.54) is 12.1 Å². The molecule has 19 heavy (non-hydrogen) atoms. The van der Waals surface area contributed by atoms with Gasteiger partial charge in [0, 0.05) is 31.4 Å². The van der Waals surface area contributed by atoms with Crippen LogP contribution in [0.1, 0.15) is 33.1 Å². The molecular formula is C16H26N2O. The molecule has 106 valence electrons. The van der Waals surface area contributed by atoms with Gasteiger partial charge in [-0.3, -0.25) is 0 Å². The molecule has 1 aliphatic rings. The van der Waals surface area contributed by atoms with Crippen LogP contribution >= 0.6 is 0 Å². The average Bonchev–Trinajstić information content (AvgIpc) is 2.74. The maximum absolute atomic E-state index is 6.03. The molecule has 0 saturated carbocycles. The Morgan fingerprint density at radius 3 is 2.84 bits per heavy atom. The smallest absolute Gasteiger partial charge is 0.121 e. The Morgan fingerprint density at radius 2 is 2.05 bits per heavy atom. The van der Waals surface area contributed by atoms with E-state index < -0.39 is 0 Å². The van der Waals surface area contributed by atoms with Crippen LogP contribution in [0.15, 0.2) is 24.3 Å². The van der Waals surface area contributed by atoms with Crippen LogP contribution in [0, 0.1) is 0 Å². The molecule has 0 unspecified atom stereocenters. The first kappa shape index (κ1) is 14.2. The number of ether oxygens (including phenoxy) is 1. The van der Waals surface area contributed by atoms with E-state index in [0.29, 0.717) is 6.10 Å². The topological polar surface area (TPSA) is 24.5 Å². The van der Waals surface area contributed by atoms with Crippen LogP contribution in [0.3, 0.4) is 0 Å². The molecule has 0 aliphatic carbocycles. The number of nitrogens with one attached hydrogen (secondary N) is 1. The molecule has 0 aromatic heterocycles. The van der Waals surface area contributed by atoms with E-state index in [2.05, 4.69) is 48.3 Å². The minimum Gasteiger partial charge on any atom is -0.490 e. The van der Waals surface area contributed by atoms with Gasteiger partial charge in [-0.1, -0.05) is 19.9 Å². The SMILES string of the molecule is CCC(CC)Oc1cccc(N2CCCNCC2)c1. The summed E-state index contributed by atoms with van der Waals surface area (Å²) in [5.41, 5.74) is 1.28. The van der Waals surface area contributed by atoms with Crippen molar-refractivity contribution in [3.8, 4) is 5.75 Å². The van der Waals surface area contributed by atoms with E-state index in [1.807, 2.05) is 0 Å². The van der Waals surface area contributed by atoms with Gasteiger partial charge in [0.2, 0.25) is 0 Å². The van der Waals surface area contributed by atoms with Crippen LogP contribution in [-0.2, 0) is 0 Å². The summed E-state index contributed by atoms with van der Waals surface area (Å²) >= 11 is 0. The number of benzene rings is 1. The van der Waals surface area contributed by atoms with Crippen LogP contribution in [0.5, 0.6) is 5.75 Å². The lowest BCUT2D eigenvalue weighted by molar-refractivity contribution is 0.193. The second-order valence-electron chi connectivity index (χ2n) is 5.14. The van der Waals surface area contributed by atoms with Gasteiger partial charge in [-0.15, -0.1) is 0 Å². The summed E-state index contributed by atoms with van der Waals surface area (Å²) in [6.07, 6.45) is 3.67. The molecule has 1 aromatic rings. The van der Waals surface area contributed by atoms with Crippen LogP contribution in [0.2, 0.25) is 0 Å². The predicted molar refractivity (Wildman–Crippen MR) is 81.1 cm³/mol.